The van der Waals surface area contributed by atoms with E-state index in [-0.39, 0.29) is 5.97 Å². The highest BCUT2D eigenvalue weighted by Crippen LogP contribution is 2.08. The highest BCUT2D eigenvalue weighted by Gasteiger charge is 2.04. The zero-order valence-electron chi connectivity index (χ0n) is 10.0. The number of nitrogens with one attached hydrogen (secondary N) is 1. The molecule has 0 saturated carbocycles. The average molecular weight is 233 g/mol. The fraction of sp³-hybridized carbons (Fsp3) is 0.909. The Morgan fingerprint density at radius 2 is 2.20 bits per heavy atom. The van der Waals surface area contributed by atoms with Gasteiger partial charge in [-0.3, -0.25) is 4.79 Å². The van der Waals surface area contributed by atoms with E-state index in [2.05, 4.69) is 23.9 Å². The maximum absolute atomic E-state index is 10.8. The van der Waals surface area contributed by atoms with Crippen molar-refractivity contribution in [2.45, 2.75) is 39.2 Å². The Hall–Kier alpha value is -0.220. The van der Waals surface area contributed by atoms with Gasteiger partial charge in [0, 0.05) is 6.04 Å². The molecule has 1 unspecified atom stereocenters. The van der Waals surface area contributed by atoms with Crippen molar-refractivity contribution >= 4 is 17.7 Å². The van der Waals surface area contributed by atoms with Gasteiger partial charge >= 0.3 is 5.97 Å². The molecule has 15 heavy (non-hydrogen) atoms. The van der Waals surface area contributed by atoms with E-state index in [1.165, 1.54) is 20.0 Å². The van der Waals surface area contributed by atoms with Gasteiger partial charge < -0.3 is 10.1 Å². The molecule has 0 bridgehead atoms. The van der Waals surface area contributed by atoms with Gasteiger partial charge in [-0.2, -0.15) is 11.8 Å². The van der Waals surface area contributed by atoms with Crippen molar-refractivity contribution in [3.8, 4) is 0 Å². The van der Waals surface area contributed by atoms with Crippen LogP contribution in [0, 0.1) is 0 Å². The van der Waals surface area contributed by atoms with E-state index >= 15 is 0 Å². The van der Waals surface area contributed by atoms with Gasteiger partial charge in [-0.1, -0.05) is 13.8 Å². The summed E-state index contributed by atoms with van der Waals surface area (Å²) in [7, 11) is 1.43. The number of hydrogen-bond acceptors (Lipinski definition) is 4. The second-order valence-corrected chi connectivity index (χ2v) is 4.54. The summed E-state index contributed by atoms with van der Waals surface area (Å²) in [5, 5.41) is 3.44. The molecule has 90 valence electrons. The van der Waals surface area contributed by atoms with Crippen molar-refractivity contribution in [1.29, 1.82) is 0 Å². The molecule has 3 nitrogen and oxygen atoms in total. The quantitative estimate of drug-likeness (QED) is 0.489. The smallest absolute Gasteiger partial charge is 0.315 e. The van der Waals surface area contributed by atoms with E-state index in [1.54, 1.807) is 11.8 Å². The molecule has 0 aliphatic heterocycles. The van der Waals surface area contributed by atoms with Gasteiger partial charge in [0.25, 0.3) is 0 Å². The van der Waals surface area contributed by atoms with Crippen LogP contribution in [0.25, 0.3) is 0 Å². The summed E-state index contributed by atoms with van der Waals surface area (Å²) in [6.07, 6.45) is 3.53. The van der Waals surface area contributed by atoms with E-state index < -0.39 is 0 Å². The van der Waals surface area contributed by atoms with Crippen molar-refractivity contribution in [2.75, 3.05) is 25.2 Å². The fourth-order valence-corrected chi connectivity index (χ4v) is 2.19. The Labute approximate surface area is 97.3 Å². The number of rotatable bonds is 9. The number of methoxy groups -OCH3 is 1. The van der Waals surface area contributed by atoms with E-state index in [0.29, 0.717) is 11.8 Å². The first-order valence-corrected chi connectivity index (χ1v) is 6.78. The summed E-state index contributed by atoms with van der Waals surface area (Å²) in [6.45, 7) is 5.37. The lowest BCUT2D eigenvalue weighted by molar-refractivity contribution is -0.137. The molecular weight excluding hydrogens is 210 g/mol. The monoisotopic (exact) mass is 233 g/mol. The molecule has 4 heteroatoms. The Kier molecular flexibility index (Phi) is 10.2. The van der Waals surface area contributed by atoms with Gasteiger partial charge in [0.05, 0.1) is 12.9 Å². The standard InChI is InChI=1S/C11H23NO2S/c1-4-10(12-5-2)7-6-8-15-9-11(13)14-3/h10,12H,4-9H2,1-3H3. The van der Waals surface area contributed by atoms with Crippen LogP contribution in [-0.2, 0) is 9.53 Å². The highest BCUT2D eigenvalue weighted by atomic mass is 32.2. The molecule has 0 heterocycles. The third kappa shape index (κ3) is 8.75. The normalized spacial score (nSPS) is 12.5. The molecule has 0 aromatic heterocycles. The number of carbonyl (C=O) groups is 1. The average Bonchev–Trinajstić information content (AvgIpc) is 2.26. The van der Waals surface area contributed by atoms with Crippen LogP contribution in [0.2, 0.25) is 0 Å². The van der Waals surface area contributed by atoms with Crippen LogP contribution in [0.3, 0.4) is 0 Å². The van der Waals surface area contributed by atoms with E-state index in [4.69, 9.17) is 0 Å². The van der Waals surface area contributed by atoms with Crippen LogP contribution in [0.15, 0.2) is 0 Å². The van der Waals surface area contributed by atoms with Crippen molar-refractivity contribution in [2.24, 2.45) is 0 Å². The maximum Gasteiger partial charge on any atom is 0.315 e. The van der Waals surface area contributed by atoms with Crippen LogP contribution >= 0.6 is 11.8 Å². The summed E-state index contributed by atoms with van der Waals surface area (Å²) >= 11 is 1.65. The molecular formula is C11H23NO2S. The van der Waals surface area contributed by atoms with Crippen LogP contribution in [0.1, 0.15) is 33.1 Å². The van der Waals surface area contributed by atoms with Crippen molar-refractivity contribution in [3.05, 3.63) is 0 Å². The molecule has 1 N–H and O–H groups in total. The van der Waals surface area contributed by atoms with Gasteiger partial charge in [0.15, 0.2) is 0 Å². The fourth-order valence-electron chi connectivity index (χ4n) is 1.39. The molecule has 0 aromatic rings. The SMILES string of the molecule is CCNC(CC)CCCSCC(=O)OC. The Balaban J connectivity index is 3.32. The number of hydrogen-bond donors (Lipinski definition) is 1. The second-order valence-electron chi connectivity index (χ2n) is 3.43. The lowest BCUT2D eigenvalue weighted by Crippen LogP contribution is -2.28. The molecule has 0 spiro atoms. The molecule has 0 aliphatic carbocycles. The summed E-state index contributed by atoms with van der Waals surface area (Å²) in [5.41, 5.74) is 0. The maximum atomic E-state index is 10.8. The minimum absolute atomic E-state index is 0.126. The third-order valence-corrected chi connectivity index (χ3v) is 3.29. The molecule has 0 fully saturated rings. The molecule has 0 aliphatic rings. The molecule has 1 atom stereocenters. The Bertz CT molecular complexity index is 165. The summed E-state index contributed by atoms with van der Waals surface area (Å²) in [5.74, 6) is 1.39. The molecule has 0 saturated heterocycles. The number of thioether (sulfide) groups is 1. The second kappa shape index (κ2) is 10.3. The lowest BCUT2D eigenvalue weighted by Gasteiger charge is -2.14. The first-order chi connectivity index (χ1) is 7.24. The summed E-state index contributed by atoms with van der Waals surface area (Å²) in [4.78, 5) is 10.8. The lowest BCUT2D eigenvalue weighted by atomic mass is 10.1. The number of ether oxygens (including phenoxy) is 1. The van der Waals surface area contributed by atoms with Gasteiger partial charge in [0.2, 0.25) is 0 Å². The number of carbonyl (C=O) groups excluding carboxylic acids is 1. The first-order valence-electron chi connectivity index (χ1n) is 5.62. The van der Waals surface area contributed by atoms with Gasteiger partial charge in [0.1, 0.15) is 0 Å². The van der Waals surface area contributed by atoms with Crippen LogP contribution in [0.5, 0.6) is 0 Å². The van der Waals surface area contributed by atoms with Crippen LogP contribution < -0.4 is 5.32 Å². The molecule has 0 aromatic carbocycles. The molecule has 0 radical (unpaired) electrons. The zero-order valence-corrected chi connectivity index (χ0v) is 10.9. The van der Waals surface area contributed by atoms with Crippen LogP contribution in [0.4, 0.5) is 0 Å². The molecule has 0 rings (SSSR count). The molecule has 0 amide bonds. The van der Waals surface area contributed by atoms with Crippen molar-refractivity contribution in [1.82, 2.24) is 5.32 Å². The largest absolute Gasteiger partial charge is 0.468 e. The van der Waals surface area contributed by atoms with Gasteiger partial charge in [-0.05, 0) is 31.6 Å². The number of esters is 1. The Morgan fingerprint density at radius 3 is 2.73 bits per heavy atom. The van der Waals surface area contributed by atoms with Gasteiger partial charge in [-0.15, -0.1) is 0 Å². The summed E-state index contributed by atoms with van der Waals surface area (Å²) < 4.78 is 4.57. The predicted octanol–water partition coefficient (Wildman–Crippen LogP) is 2.06. The van der Waals surface area contributed by atoms with E-state index in [0.717, 1.165) is 18.7 Å². The minimum atomic E-state index is -0.126. The van der Waals surface area contributed by atoms with E-state index in [1.807, 2.05) is 0 Å². The zero-order chi connectivity index (χ0) is 11.5. The predicted molar refractivity (Wildman–Crippen MR) is 66.3 cm³/mol. The first kappa shape index (κ1) is 14.8. The topological polar surface area (TPSA) is 38.3 Å². The third-order valence-electron chi connectivity index (χ3n) is 2.27. The van der Waals surface area contributed by atoms with Crippen molar-refractivity contribution < 1.29 is 9.53 Å². The van der Waals surface area contributed by atoms with Gasteiger partial charge in [-0.25, -0.2) is 0 Å². The Morgan fingerprint density at radius 1 is 1.47 bits per heavy atom. The van der Waals surface area contributed by atoms with Crippen molar-refractivity contribution in [3.63, 3.8) is 0 Å². The highest BCUT2D eigenvalue weighted by molar-refractivity contribution is 7.99. The summed E-state index contributed by atoms with van der Waals surface area (Å²) in [6, 6.07) is 0.633. The van der Waals surface area contributed by atoms with Crippen LogP contribution in [-0.4, -0.2) is 37.2 Å². The minimum Gasteiger partial charge on any atom is -0.468 e. The van der Waals surface area contributed by atoms with E-state index in [9.17, 15) is 4.79 Å².